The van der Waals surface area contributed by atoms with Gasteiger partial charge in [-0.25, -0.2) is 4.79 Å². The number of alkyl halides is 6. The van der Waals surface area contributed by atoms with Crippen LogP contribution in [0.4, 0.5) is 42.8 Å². The first-order valence-electron chi connectivity index (χ1n) is 11.0. The zero-order valence-electron chi connectivity index (χ0n) is 19.5. The average molecular weight is 544 g/mol. The molecule has 1 aromatic heterocycles. The van der Waals surface area contributed by atoms with Gasteiger partial charge in [-0.1, -0.05) is 24.3 Å². The largest absolute Gasteiger partial charge is 0.573 e. The maximum absolute atomic E-state index is 13.7. The van der Waals surface area contributed by atoms with Crippen LogP contribution in [0.25, 0.3) is 11.1 Å². The Bertz CT molecular complexity index is 1330. The van der Waals surface area contributed by atoms with Crippen molar-refractivity contribution < 1.29 is 35.9 Å². The van der Waals surface area contributed by atoms with E-state index < -0.39 is 41.4 Å². The molecule has 6 N–H and O–H groups in total. The van der Waals surface area contributed by atoms with Crippen LogP contribution in [0, 0.1) is 0 Å². The number of carbonyl (C=O) groups excluding carboxylic acids is 1. The minimum absolute atomic E-state index is 0.0209. The number of ether oxygens (including phenoxy) is 1. The number of H-pyrrole nitrogens is 1. The SMILES string of the molecule is NCCCNCc1ccc(-c2c[nH]c(NC(=O)Nc3ccccc3OC(F)(F)F)nc2=O)cc1C(F)(F)F. The Hall–Kier alpha value is -4.11. The van der Waals surface area contributed by atoms with Crippen molar-refractivity contribution in [2.24, 2.45) is 5.73 Å². The number of nitrogens with one attached hydrogen (secondary N) is 4. The number of amides is 2. The number of nitrogens with zero attached hydrogens (tertiary/aromatic N) is 1. The number of aromatic amines is 1. The normalized spacial score (nSPS) is 11.8. The highest BCUT2D eigenvalue weighted by Gasteiger charge is 2.34. The number of halogens is 6. The molecule has 2 aromatic carbocycles. The summed E-state index contributed by atoms with van der Waals surface area (Å²) in [6.07, 6.45) is -8.04. The Balaban J connectivity index is 1.77. The predicted molar refractivity (Wildman–Crippen MR) is 126 cm³/mol. The fourth-order valence-corrected chi connectivity index (χ4v) is 3.32. The van der Waals surface area contributed by atoms with Crippen LogP contribution in [-0.2, 0) is 12.7 Å². The number of benzene rings is 2. The van der Waals surface area contributed by atoms with E-state index >= 15 is 0 Å². The lowest BCUT2D eigenvalue weighted by Crippen LogP contribution is -2.24. The molecule has 38 heavy (non-hydrogen) atoms. The molecule has 204 valence electrons. The first-order valence-corrected chi connectivity index (χ1v) is 11.0. The number of nitrogens with two attached hydrogens (primary N) is 1. The lowest BCUT2D eigenvalue weighted by molar-refractivity contribution is -0.274. The topological polar surface area (TPSA) is 134 Å². The molecule has 0 aliphatic rings. The minimum atomic E-state index is -5.00. The van der Waals surface area contributed by atoms with Crippen molar-refractivity contribution >= 4 is 17.7 Å². The molecule has 0 saturated carbocycles. The summed E-state index contributed by atoms with van der Waals surface area (Å²) >= 11 is 0. The Kier molecular flexibility index (Phi) is 8.96. The van der Waals surface area contributed by atoms with Gasteiger partial charge in [-0.05, 0) is 48.8 Å². The highest BCUT2D eigenvalue weighted by Crippen LogP contribution is 2.34. The molecule has 0 aliphatic heterocycles. The number of aromatic nitrogens is 2. The second-order valence-electron chi connectivity index (χ2n) is 7.78. The monoisotopic (exact) mass is 544 g/mol. The molecule has 0 atom stereocenters. The van der Waals surface area contributed by atoms with Crippen molar-refractivity contribution in [2.45, 2.75) is 25.5 Å². The van der Waals surface area contributed by atoms with E-state index in [1.54, 1.807) is 0 Å². The number of para-hydroxylation sites is 2. The van der Waals surface area contributed by atoms with Crippen LogP contribution < -0.4 is 32.0 Å². The van der Waals surface area contributed by atoms with Gasteiger partial charge in [-0.15, -0.1) is 13.2 Å². The molecular weight excluding hydrogens is 522 g/mol. The zero-order valence-corrected chi connectivity index (χ0v) is 19.5. The van der Waals surface area contributed by atoms with Gasteiger partial charge in [0.15, 0.2) is 5.75 Å². The molecular formula is C23H22F6N6O3. The second-order valence-corrected chi connectivity index (χ2v) is 7.78. The highest BCUT2D eigenvalue weighted by molar-refractivity contribution is 5.99. The molecule has 0 fully saturated rings. The summed E-state index contributed by atoms with van der Waals surface area (Å²) in [7, 11) is 0. The third-order valence-corrected chi connectivity index (χ3v) is 4.99. The first kappa shape index (κ1) is 28.5. The summed E-state index contributed by atoms with van der Waals surface area (Å²) in [5.74, 6) is -1.08. The van der Waals surface area contributed by atoms with Crippen LogP contribution in [0.2, 0.25) is 0 Å². The molecule has 0 bridgehead atoms. The van der Waals surface area contributed by atoms with E-state index in [1.165, 1.54) is 24.3 Å². The number of urea groups is 1. The summed E-state index contributed by atoms with van der Waals surface area (Å²) in [4.78, 5) is 30.8. The molecule has 0 aliphatic carbocycles. The Morgan fingerprint density at radius 3 is 2.45 bits per heavy atom. The fourth-order valence-electron chi connectivity index (χ4n) is 3.32. The molecule has 3 rings (SSSR count). The van der Waals surface area contributed by atoms with Gasteiger partial charge >= 0.3 is 18.6 Å². The average Bonchev–Trinajstić information content (AvgIpc) is 2.82. The van der Waals surface area contributed by atoms with Crippen molar-refractivity contribution in [3.63, 3.8) is 0 Å². The first-order chi connectivity index (χ1) is 17.9. The third-order valence-electron chi connectivity index (χ3n) is 4.99. The molecule has 0 spiro atoms. The Morgan fingerprint density at radius 2 is 1.79 bits per heavy atom. The smallest absolute Gasteiger partial charge is 0.404 e. The predicted octanol–water partition coefficient (Wildman–Crippen LogP) is 4.44. The van der Waals surface area contributed by atoms with Crippen LogP contribution in [0.5, 0.6) is 5.75 Å². The van der Waals surface area contributed by atoms with E-state index in [0.717, 1.165) is 24.4 Å². The summed E-state index contributed by atoms with van der Waals surface area (Å²) < 4.78 is 82.4. The van der Waals surface area contributed by atoms with Crippen LogP contribution in [0.15, 0.2) is 53.5 Å². The number of carbonyl (C=O) groups is 1. The van der Waals surface area contributed by atoms with E-state index in [1.807, 2.05) is 0 Å². The van der Waals surface area contributed by atoms with E-state index in [9.17, 15) is 35.9 Å². The summed E-state index contributed by atoms with van der Waals surface area (Å²) in [5, 5.41) is 7.13. The van der Waals surface area contributed by atoms with Crippen molar-refractivity contribution in [1.82, 2.24) is 15.3 Å². The molecule has 15 heteroatoms. The van der Waals surface area contributed by atoms with Gasteiger partial charge in [0.2, 0.25) is 5.95 Å². The maximum Gasteiger partial charge on any atom is 0.573 e. The minimum Gasteiger partial charge on any atom is -0.404 e. The Labute approximate surface area is 211 Å². The molecule has 1 heterocycles. The fraction of sp³-hybridized carbons (Fsp3) is 0.261. The maximum atomic E-state index is 13.7. The van der Waals surface area contributed by atoms with Crippen molar-refractivity contribution in [1.29, 1.82) is 0 Å². The molecule has 0 unspecified atom stereocenters. The van der Waals surface area contributed by atoms with Gasteiger partial charge in [-0.3, -0.25) is 10.1 Å². The van der Waals surface area contributed by atoms with Crippen LogP contribution >= 0.6 is 0 Å². The van der Waals surface area contributed by atoms with Crippen molar-refractivity contribution in [3.8, 4) is 16.9 Å². The van der Waals surface area contributed by atoms with Gasteiger partial charge in [0.1, 0.15) is 0 Å². The van der Waals surface area contributed by atoms with Crippen molar-refractivity contribution in [3.05, 3.63) is 70.1 Å². The van der Waals surface area contributed by atoms with Gasteiger partial charge < -0.3 is 26.1 Å². The quantitative estimate of drug-likeness (QED) is 0.200. The van der Waals surface area contributed by atoms with Crippen LogP contribution in [0.3, 0.4) is 0 Å². The summed E-state index contributed by atoms with van der Waals surface area (Å²) in [6, 6.07) is 7.08. The Morgan fingerprint density at radius 1 is 1.05 bits per heavy atom. The van der Waals surface area contributed by atoms with Gasteiger partial charge in [0.25, 0.3) is 5.56 Å². The molecule has 3 aromatic rings. The van der Waals surface area contributed by atoms with E-state index in [0.29, 0.717) is 19.5 Å². The summed E-state index contributed by atoms with van der Waals surface area (Å²) in [5.41, 5.74) is 2.88. The molecule has 0 radical (unpaired) electrons. The lowest BCUT2D eigenvalue weighted by atomic mass is 10.00. The molecule has 2 amide bonds. The highest BCUT2D eigenvalue weighted by atomic mass is 19.4. The van der Waals surface area contributed by atoms with Crippen LogP contribution in [0.1, 0.15) is 17.5 Å². The van der Waals surface area contributed by atoms with E-state index in [2.05, 4.69) is 30.7 Å². The number of anilines is 2. The van der Waals surface area contributed by atoms with E-state index in [4.69, 9.17) is 5.73 Å². The third kappa shape index (κ3) is 7.94. The number of hydrogen-bond donors (Lipinski definition) is 5. The number of hydrogen-bond acceptors (Lipinski definition) is 6. The molecule has 9 nitrogen and oxygen atoms in total. The van der Waals surface area contributed by atoms with Gasteiger partial charge in [-0.2, -0.15) is 18.2 Å². The van der Waals surface area contributed by atoms with E-state index in [-0.39, 0.29) is 28.9 Å². The zero-order chi connectivity index (χ0) is 27.9. The van der Waals surface area contributed by atoms with Crippen molar-refractivity contribution in [2.75, 3.05) is 23.7 Å². The van der Waals surface area contributed by atoms with Gasteiger partial charge in [0.05, 0.1) is 16.8 Å². The number of rotatable bonds is 9. The lowest BCUT2D eigenvalue weighted by Gasteiger charge is -2.15. The van der Waals surface area contributed by atoms with Crippen LogP contribution in [-0.4, -0.2) is 35.5 Å². The van der Waals surface area contributed by atoms with Gasteiger partial charge in [0, 0.05) is 12.7 Å². The standard InChI is InChI=1S/C23H22F6N6O3/c24-22(25,26)16-10-13(6-7-14(16)11-31-9-3-8-30)15-12-32-20(34-19(15)36)35-21(37)33-17-4-1-2-5-18(17)38-23(27,28)29/h1-2,4-7,10,12,31H,3,8-9,11,30H2,(H3,32,33,34,35,36,37). The summed E-state index contributed by atoms with van der Waals surface area (Å²) in [6.45, 7) is 0.765. The molecule has 0 saturated heterocycles. The second kappa shape index (κ2) is 12.0.